The summed E-state index contributed by atoms with van der Waals surface area (Å²) in [6.07, 6.45) is 0.869. The first-order chi connectivity index (χ1) is 7.09. The van der Waals surface area contributed by atoms with Gasteiger partial charge in [-0.15, -0.1) is 0 Å². The summed E-state index contributed by atoms with van der Waals surface area (Å²) in [5.41, 5.74) is 1.64. The number of benzene rings is 1. The van der Waals surface area contributed by atoms with Gasteiger partial charge in [0, 0.05) is 5.56 Å². The molecular formula is C12H18O2Si. The van der Waals surface area contributed by atoms with Crippen LogP contribution in [0.2, 0.25) is 12.1 Å². The van der Waals surface area contributed by atoms with Crippen molar-refractivity contribution >= 4 is 19.8 Å². The molecule has 0 aliphatic rings. The summed E-state index contributed by atoms with van der Waals surface area (Å²) in [6, 6.07) is 7.24. The number of carbonyl (C=O) groups excluding carboxylic acids is 1. The molecule has 0 atom stereocenters. The first kappa shape index (κ1) is 12.1. The topological polar surface area (TPSA) is 37.3 Å². The molecule has 0 fully saturated rings. The third-order valence-corrected chi connectivity index (χ3v) is 6.89. The molecule has 0 aromatic heterocycles. The Hall–Kier alpha value is -0.933. The monoisotopic (exact) mass is 222 g/mol. The lowest BCUT2D eigenvalue weighted by Gasteiger charge is -2.24. The SMILES string of the molecule is CC[Si](O)(CC)c1cccc(C)c1C=O. The van der Waals surface area contributed by atoms with E-state index in [0.29, 0.717) is 5.56 Å². The maximum atomic E-state index is 11.0. The zero-order chi connectivity index (χ0) is 11.5. The van der Waals surface area contributed by atoms with Crippen molar-refractivity contribution in [2.24, 2.45) is 0 Å². The van der Waals surface area contributed by atoms with Crippen LogP contribution in [0.3, 0.4) is 0 Å². The van der Waals surface area contributed by atoms with E-state index in [1.165, 1.54) is 0 Å². The quantitative estimate of drug-likeness (QED) is 0.625. The summed E-state index contributed by atoms with van der Waals surface area (Å²) >= 11 is 0. The van der Waals surface area contributed by atoms with Crippen LogP contribution < -0.4 is 5.19 Å². The van der Waals surface area contributed by atoms with Crippen LogP contribution >= 0.6 is 0 Å². The third kappa shape index (κ3) is 2.18. The second kappa shape index (κ2) is 4.73. The van der Waals surface area contributed by atoms with Crippen LogP contribution in [0.4, 0.5) is 0 Å². The summed E-state index contributed by atoms with van der Waals surface area (Å²) < 4.78 is 0. The van der Waals surface area contributed by atoms with Crippen LogP contribution in [0.5, 0.6) is 0 Å². The Morgan fingerprint density at radius 1 is 1.33 bits per heavy atom. The smallest absolute Gasteiger partial charge is 0.220 e. The molecule has 0 amide bonds. The van der Waals surface area contributed by atoms with Crippen LogP contribution in [0.25, 0.3) is 0 Å². The molecule has 0 aliphatic heterocycles. The van der Waals surface area contributed by atoms with Crippen molar-refractivity contribution < 1.29 is 9.59 Å². The van der Waals surface area contributed by atoms with Crippen molar-refractivity contribution in [3.8, 4) is 0 Å². The average Bonchev–Trinajstić information content (AvgIpc) is 2.27. The molecule has 82 valence electrons. The second-order valence-corrected chi connectivity index (χ2v) is 7.91. The Balaban J connectivity index is 3.35. The minimum absolute atomic E-state index is 0.690. The molecule has 0 unspecified atom stereocenters. The van der Waals surface area contributed by atoms with Crippen molar-refractivity contribution in [3.05, 3.63) is 29.3 Å². The molecule has 1 N–H and O–H groups in total. The molecule has 1 aromatic carbocycles. The highest BCUT2D eigenvalue weighted by atomic mass is 28.4. The zero-order valence-corrected chi connectivity index (χ0v) is 10.6. The van der Waals surface area contributed by atoms with E-state index in [0.717, 1.165) is 29.1 Å². The Bertz CT molecular complexity index is 357. The van der Waals surface area contributed by atoms with Gasteiger partial charge in [0.2, 0.25) is 8.32 Å². The normalized spacial score (nSPS) is 11.5. The maximum Gasteiger partial charge on any atom is 0.220 e. The van der Waals surface area contributed by atoms with Crippen LogP contribution in [0, 0.1) is 6.92 Å². The van der Waals surface area contributed by atoms with Gasteiger partial charge in [-0.2, -0.15) is 0 Å². The Kier molecular flexibility index (Phi) is 3.82. The maximum absolute atomic E-state index is 11.0. The molecule has 2 nitrogen and oxygen atoms in total. The van der Waals surface area contributed by atoms with Crippen molar-refractivity contribution in [1.29, 1.82) is 0 Å². The Labute approximate surface area is 92.1 Å². The summed E-state index contributed by atoms with van der Waals surface area (Å²) in [6.45, 7) is 5.90. The Morgan fingerprint density at radius 2 is 1.93 bits per heavy atom. The fourth-order valence-corrected chi connectivity index (χ4v) is 4.30. The summed E-state index contributed by atoms with van der Waals surface area (Å²) in [7, 11) is -2.40. The molecule has 3 heteroatoms. The molecule has 0 spiro atoms. The van der Waals surface area contributed by atoms with E-state index >= 15 is 0 Å². The Morgan fingerprint density at radius 3 is 2.40 bits per heavy atom. The van der Waals surface area contributed by atoms with Crippen LogP contribution in [-0.2, 0) is 0 Å². The third-order valence-electron chi connectivity index (χ3n) is 3.11. The highest BCUT2D eigenvalue weighted by molar-refractivity contribution is 6.86. The van der Waals surface area contributed by atoms with Crippen molar-refractivity contribution in [3.63, 3.8) is 0 Å². The minimum Gasteiger partial charge on any atom is -0.427 e. The van der Waals surface area contributed by atoms with E-state index < -0.39 is 8.32 Å². The fraction of sp³-hybridized carbons (Fsp3) is 0.417. The highest BCUT2D eigenvalue weighted by Crippen LogP contribution is 2.15. The number of hydrogen-bond donors (Lipinski definition) is 1. The molecule has 0 saturated heterocycles. The van der Waals surface area contributed by atoms with Crippen molar-refractivity contribution in [2.45, 2.75) is 32.9 Å². The summed E-state index contributed by atoms with van der Waals surface area (Å²) in [5.74, 6) is 0. The van der Waals surface area contributed by atoms with Crippen LogP contribution in [0.15, 0.2) is 18.2 Å². The second-order valence-electron chi connectivity index (χ2n) is 3.89. The van der Waals surface area contributed by atoms with Crippen LogP contribution in [0.1, 0.15) is 29.8 Å². The highest BCUT2D eigenvalue weighted by Gasteiger charge is 2.31. The molecular weight excluding hydrogens is 204 g/mol. The van der Waals surface area contributed by atoms with Gasteiger partial charge >= 0.3 is 0 Å². The molecule has 15 heavy (non-hydrogen) atoms. The fourth-order valence-electron chi connectivity index (χ4n) is 1.87. The van der Waals surface area contributed by atoms with Crippen molar-refractivity contribution in [1.82, 2.24) is 0 Å². The van der Waals surface area contributed by atoms with Gasteiger partial charge in [0.25, 0.3) is 0 Å². The number of rotatable bonds is 4. The van der Waals surface area contributed by atoms with E-state index in [1.807, 2.05) is 39.0 Å². The van der Waals surface area contributed by atoms with Gasteiger partial charge in [0.15, 0.2) is 0 Å². The first-order valence-electron chi connectivity index (χ1n) is 5.36. The summed E-state index contributed by atoms with van der Waals surface area (Å²) in [5, 5.41) is 0.891. The minimum atomic E-state index is -2.40. The number of aryl methyl sites for hydroxylation is 1. The van der Waals surface area contributed by atoms with E-state index in [4.69, 9.17) is 0 Å². The zero-order valence-electron chi connectivity index (χ0n) is 9.58. The predicted octanol–water partition coefficient (Wildman–Crippen LogP) is 1.99. The van der Waals surface area contributed by atoms with Crippen LogP contribution in [-0.4, -0.2) is 19.4 Å². The lowest BCUT2D eigenvalue weighted by Crippen LogP contribution is -2.48. The van der Waals surface area contributed by atoms with E-state index in [9.17, 15) is 9.59 Å². The number of hydrogen-bond acceptors (Lipinski definition) is 2. The number of carbonyl (C=O) groups is 1. The van der Waals surface area contributed by atoms with E-state index in [-0.39, 0.29) is 0 Å². The lowest BCUT2D eigenvalue weighted by molar-refractivity contribution is 0.112. The van der Waals surface area contributed by atoms with Gasteiger partial charge in [-0.05, 0) is 29.8 Å². The van der Waals surface area contributed by atoms with Gasteiger partial charge in [-0.3, -0.25) is 4.79 Å². The van der Waals surface area contributed by atoms with Crippen molar-refractivity contribution in [2.75, 3.05) is 0 Å². The van der Waals surface area contributed by atoms with E-state index in [1.54, 1.807) is 0 Å². The molecule has 0 saturated carbocycles. The number of aldehydes is 1. The van der Waals surface area contributed by atoms with E-state index in [2.05, 4.69) is 0 Å². The molecule has 1 aromatic rings. The molecule has 0 aliphatic carbocycles. The standard InChI is InChI=1S/C12H18O2Si/c1-4-15(14,5-2)12-8-6-7-10(3)11(12)9-13/h6-9,14H,4-5H2,1-3H3. The van der Waals surface area contributed by atoms with Gasteiger partial charge < -0.3 is 4.80 Å². The predicted molar refractivity (Wildman–Crippen MR) is 65.1 cm³/mol. The van der Waals surface area contributed by atoms with Gasteiger partial charge in [-0.25, -0.2) is 0 Å². The molecule has 0 radical (unpaired) electrons. The van der Waals surface area contributed by atoms with Gasteiger partial charge in [0.05, 0.1) is 0 Å². The lowest BCUT2D eigenvalue weighted by atomic mass is 10.1. The summed E-state index contributed by atoms with van der Waals surface area (Å²) in [4.78, 5) is 21.6. The van der Waals surface area contributed by atoms with Gasteiger partial charge in [0.1, 0.15) is 6.29 Å². The first-order valence-corrected chi connectivity index (χ1v) is 7.72. The average molecular weight is 222 g/mol. The molecule has 0 heterocycles. The molecule has 1 rings (SSSR count). The largest absolute Gasteiger partial charge is 0.427 e. The molecule has 0 bridgehead atoms. The van der Waals surface area contributed by atoms with Gasteiger partial charge in [-0.1, -0.05) is 32.0 Å².